The number of rotatable bonds is 4. The summed E-state index contributed by atoms with van der Waals surface area (Å²) < 4.78 is 2.06. The van der Waals surface area contributed by atoms with Crippen LogP contribution in [0, 0.1) is 13.8 Å². The minimum atomic E-state index is -0.438. The SMILES string of the molecule is Cc1ccc(-c2cc(C(N)=O)c(C)n2Cc2ccc(Cl)cc2Cl)cc1. The number of nitrogens with zero attached hydrogens (tertiary/aromatic N) is 1. The summed E-state index contributed by atoms with van der Waals surface area (Å²) in [6, 6.07) is 15.4. The van der Waals surface area contributed by atoms with Gasteiger partial charge in [-0.25, -0.2) is 0 Å². The van der Waals surface area contributed by atoms with E-state index in [-0.39, 0.29) is 0 Å². The highest BCUT2D eigenvalue weighted by Crippen LogP contribution is 2.29. The highest BCUT2D eigenvalue weighted by molar-refractivity contribution is 6.35. The zero-order valence-corrected chi connectivity index (χ0v) is 15.5. The number of aromatic nitrogens is 1. The van der Waals surface area contributed by atoms with Gasteiger partial charge >= 0.3 is 0 Å². The molecule has 1 aromatic heterocycles. The quantitative estimate of drug-likeness (QED) is 0.669. The van der Waals surface area contributed by atoms with Crippen LogP contribution in [-0.2, 0) is 6.54 Å². The molecule has 0 aliphatic carbocycles. The van der Waals surface area contributed by atoms with Crippen LogP contribution < -0.4 is 5.73 Å². The van der Waals surface area contributed by atoms with Crippen molar-refractivity contribution in [2.45, 2.75) is 20.4 Å². The predicted molar refractivity (Wildman–Crippen MR) is 103 cm³/mol. The molecule has 0 aliphatic heterocycles. The van der Waals surface area contributed by atoms with Crippen molar-refractivity contribution in [2.75, 3.05) is 0 Å². The molecule has 1 heterocycles. The third-order valence-electron chi connectivity index (χ3n) is 4.32. The molecule has 25 heavy (non-hydrogen) atoms. The van der Waals surface area contributed by atoms with Gasteiger partial charge < -0.3 is 10.3 Å². The molecular formula is C20H18Cl2N2O. The van der Waals surface area contributed by atoms with Gasteiger partial charge in [0.25, 0.3) is 5.91 Å². The van der Waals surface area contributed by atoms with E-state index in [2.05, 4.69) is 4.57 Å². The van der Waals surface area contributed by atoms with Crippen LogP contribution >= 0.6 is 23.2 Å². The molecule has 2 aromatic carbocycles. The third kappa shape index (κ3) is 3.58. The van der Waals surface area contributed by atoms with Crippen molar-refractivity contribution in [2.24, 2.45) is 5.73 Å². The molecule has 5 heteroatoms. The van der Waals surface area contributed by atoms with Crippen LogP contribution in [0.2, 0.25) is 10.0 Å². The zero-order chi connectivity index (χ0) is 18.1. The lowest BCUT2D eigenvalue weighted by molar-refractivity contribution is 0.0999. The van der Waals surface area contributed by atoms with Gasteiger partial charge in [0.15, 0.2) is 0 Å². The van der Waals surface area contributed by atoms with Crippen LogP contribution in [0.4, 0.5) is 0 Å². The number of hydrogen-bond donors (Lipinski definition) is 1. The number of primary amides is 1. The summed E-state index contributed by atoms with van der Waals surface area (Å²) in [5.41, 5.74) is 10.9. The molecule has 3 nitrogen and oxygen atoms in total. The monoisotopic (exact) mass is 372 g/mol. The zero-order valence-electron chi connectivity index (χ0n) is 14.0. The van der Waals surface area contributed by atoms with Crippen molar-refractivity contribution in [3.05, 3.63) is 81.0 Å². The van der Waals surface area contributed by atoms with E-state index in [4.69, 9.17) is 28.9 Å². The predicted octanol–water partition coefficient (Wildman–Crippen LogP) is 5.23. The second-order valence-corrected chi connectivity index (χ2v) is 6.92. The maximum atomic E-state index is 11.8. The number of carbonyl (C=O) groups excluding carboxylic acids is 1. The van der Waals surface area contributed by atoms with E-state index in [1.807, 2.05) is 56.3 Å². The number of nitrogens with two attached hydrogens (primary N) is 1. The first-order chi connectivity index (χ1) is 11.9. The molecule has 0 bridgehead atoms. The van der Waals surface area contributed by atoms with E-state index >= 15 is 0 Å². The Hall–Kier alpha value is -2.23. The molecular weight excluding hydrogens is 355 g/mol. The Morgan fingerprint density at radius 3 is 2.32 bits per heavy atom. The summed E-state index contributed by atoms with van der Waals surface area (Å²) in [4.78, 5) is 11.8. The van der Waals surface area contributed by atoms with Gasteiger partial charge in [-0.05, 0) is 43.2 Å². The van der Waals surface area contributed by atoms with Gasteiger partial charge in [0.1, 0.15) is 0 Å². The topological polar surface area (TPSA) is 48.0 Å². The van der Waals surface area contributed by atoms with Gasteiger partial charge in [0.2, 0.25) is 0 Å². The molecule has 0 radical (unpaired) electrons. The van der Waals surface area contributed by atoms with E-state index in [0.29, 0.717) is 22.2 Å². The fraction of sp³-hybridized carbons (Fsp3) is 0.150. The fourth-order valence-corrected chi connectivity index (χ4v) is 3.35. The first-order valence-electron chi connectivity index (χ1n) is 7.87. The van der Waals surface area contributed by atoms with Crippen molar-refractivity contribution in [1.82, 2.24) is 4.57 Å². The number of benzene rings is 2. The molecule has 0 fully saturated rings. The van der Waals surface area contributed by atoms with Crippen molar-refractivity contribution in [1.29, 1.82) is 0 Å². The van der Waals surface area contributed by atoms with Gasteiger partial charge in [0, 0.05) is 28.0 Å². The van der Waals surface area contributed by atoms with Crippen molar-refractivity contribution in [3.8, 4) is 11.3 Å². The van der Waals surface area contributed by atoms with E-state index < -0.39 is 5.91 Å². The molecule has 0 unspecified atom stereocenters. The van der Waals surface area contributed by atoms with Crippen LogP contribution in [0.25, 0.3) is 11.3 Å². The van der Waals surface area contributed by atoms with E-state index in [1.54, 1.807) is 6.07 Å². The van der Waals surface area contributed by atoms with Crippen molar-refractivity contribution >= 4 is 29.1 Å². The Morgan fingerprint density at radius 1 is 1.04 bits per heavy atom. The smallest absolute Gasteiger partial charge is 0.250 e. The van der Waals surface area contributed by atoms with Crippen LogP contribution in [-0.4, -0.2) is 10.5 Å². The lowest BCUT2D eigenvalue weighted by Gasteiger charge is -2.14. The molecule has 0 spiro atoms. The average molecular weight is 373 g/mol. The van der Waals surface area contributed by atoms with Gasteiger partial charge in [0.05, 0.1) is 5.56 Å². The fourth-order valence-electron chi connectivity index (χ4n) is 2.88. The second kappa shape index (κ2) is 6.95. The van der Waals surface area contributed by atoms with Gasteiger partial charge in [-0.2, -0.15) is 0 Å². The lowest BCUT2D eigenvalue weighted by atomic mass is 10.1. The Labute approximate surface area is 157 Å². The standard InChI is InChI=1S/C20H18Cl2N2O/c1-12-3-5-14(6-4-12)19-10-17(20(23)25)13(2)24(19)11-15-7-8-16(21)9-18(15)22/h3-10H,11H2,1-2H3,(H2,23,25). The maximum Gasteiger partial charge on any atom is 0.250 e. The molecule has 3 aromatic rings. The first-order valence-corrected chi connectivity index (χ1v) is 8.63. The molecule has 3 rings (SSSR count). The minimum absolute atomic E-state index is 0.438. The lowest BCUT2D eigenvalue weighted by Crippen LogP contribution is -2.12. The van der Waals surface area contributed by atoms with Gasteiger partial charge in [-0.15, -0.1) is 0 Å². The normalized spacial score (nSPS) is 10.9. The molecule has 2 N–H and O–H groups in total. The Balaban J connectivity index is 2.13. The van der Waals surface area contributed by atoms with Crippen LogP contribution in [0.3, 0.4) is 0 Å². The summed E-state index contributed by atoms with van der Waals surface area (Å²) >= 11 is 12.3. The van der Waals surface area contributed by atoms with E-state index in [1.165, 1.54) is 5.56 Å². The molecule has 0 saturated heterocycles. The number of carbonyl (C=O) groups is 1. The summed E-state index contributed by atoms with van der Waals surface area (Å²) in [6.07, 6.45) is 0. The molecule has 0 saturated carbocycles. The van der Waals surface area contributed by atoms with E-state index in [9.17, 15) is 4.79 Å². The number of amides is 1. The van der Waals surface area contributed by atoms with E-state index in [0.717, 1.165) is 22.5 Å². The molecule has 0 atom stereocenters. The van der Waals surface area contributed by atoms with Crippen LogP contribution in [0.5, 0.6) is 0 Å². The summed E-state index contributed by atoms with van der Waals surface area (Å²) in [6.45, 7) is 4.45. The van der Waals surface area contributed by atoms with Crippen LogP contribution in [0.1, 0.15) is 27.2 Å². The first kappa shape index (κ1) is 17.6. The Kier molecular flexibility index (Phi) is 4.89. The Bertz CT molecular complexity index is 943. The highest BCUT2D eigenvalue weighted by Gasteiger charge is 2.17. The summed E-state index contributed by atoms with van der Waals surface area (Å²) in [7, 11) is 0. The highest BCUT2D eigenvalue weighted by atomic mass is 35.5. The number of hydrogen-bond acceptors (Lipinski definition) is 1. The average Bonchev–Trinajstić information content (AvgIpc) is 2.88. The third-order valence-corrected chi connectivity index (χ3v) is 4.91. The van der Waals surface area contributed by atoms with Gasteiger partial charge in [-0.1, -0.05) is 59.1 Å². The second-order valence-electron chi connectivity index (χ2n) is 6.08. The number of halogens is 2. The van der Waals surface area contributed by atoms with Crippen molar-refractivity contribution in [3.63, 3.8) is 0 Å². The Morgan fingerprint density at radius 2 is 1.72 bits per heavy atom. The minimum Gasteiger partial charge on any atom is -0.366 e. The van der Waals surface area contributed by atoms with Crippen molar-refractivity contribution < 1.29 is 4.79 Å². The molecule has 0 aliphatic rings. The maximum absolute atomic E-state index is 11.8. The molecule has 1 amide bonds. The van der Waals surface area contributed by atoms with Crippen LogP contribution in [0.15, 0.2) is 48.5 Å². The summed E-state index contributed by atoms with van der Waals surface area (Å²) in [5, 5.41) is 1.19. The largest absolute Gasteiger partial charge is 0.366 e. The number of aryl methyl sites for hydroxylation is 1. The molecule has 128 valence electrons. The van der Waals surface area contributed by atoms with Gasteiger partial charge in [-0.3, -0.25) is 4.79 Å². The summed E-state index contributed by atoms with van der Waals surface area (Å²) in [5.74, 6) is -0.438.